The lowest BCUT2D eigenvalue weighted by Crippen LogP contribution is -2.42. The summed E-state index contributed by atoms with van der Waals surface area (Å²) in [5.41, 5.74) is -0.538. The maximum absolute atomic E-state index is 11.5. The highest BCUT2D eigenvalue weighted by molar-refractivity contribution is 5.87. The maximum Gasteiger partial charge on any atom is 0.408 e. The Bertz CT molecular complexity index is 283. The van der Waals surface area contributed by atoms with Gasteiger partial charge in [-0.25, -0.2) is 4.79 Å². The lowest BCUT2D eigenvalue weighted by Gasteiger charge is -2.20. The van der Waals surface area contributed by atoms with Gasteiger partial charge >= 0.3 is 6.09 Å². The van der Waals surface area contributed by atoms with Crippen molar-refractivity contribution in [2.24, 2.45) is 0 Å². The molecule has 16 heavy (non-hydrogen) atoms. The minimum atomic E-state index is -0.538. The van der Waals surface area contributed by atoms with E-state index in [9.17, 15) is 9.59 Å². The zero-order valence-electron chi connectivity index (χ0n) is 10.3. The molecule has 1 saturated heterocycles. The van der Waals surface area contributed by atoms with Crippen LogP contribution in [0.15, 0.2) is 0 Å². The molecule has 0 bridgehead atoms. The van der Waals surface area contributed by atoms with Crippen LogP contribution in [0.3, 0.4) is 0 Å². The predicted octanol–water partition coefficient (Wildman–Crippen LogP) is 1.18. The Morgan fingerprint density at radius 3 is 2.62 bits per heavy atom. The molecule has 2 amide bonds. The van der Waals surface area contributed by atoms with Crippen molar-refractivity contribution < 1.29 is 14.3 Å². The molecule has 1 aliphatic rings. The van der Waals surface area contributed by atoms with E-state index in [0.717, 1.165) is 6.42 Å². The molecule has 0 aliphatic carbocycles. The summed E-state index contributed by atoms with van der Waals surface area (Å²) in [5.74, 6) is -0.127. The van der Waals surface area contributed by atoms with Crippen LogP contribution in [-0.2, 0) is 9.53 Å². The van der Waals surface area contributed by atoms with E-state index in [0.29, 0.717) is 6.42 Å². The van der Waals surface area contributed by atoms with Crippen molar-refractivity contribution in [2.45, 2.75) is 58.2 Å². The zero-order chi connectivity index (χ0) is 12.3. The minimum Gasteiger partial charge on any atom is -0.444 e. The van der Waals surface area contributed by atoms with Gasteiger partial charge in [-0.15, -0.1) is 0 Å². The van der Waals surface area contributed by atoms with Gasteiger partial charge in [0, 0.05) is 6.04 Å². The number of ether oxygens (including phenoxy) is 1. The summed E-state index contributed by atoms with van der Waals surface area (Å²) in [7, 11) is 0. The fourth-order valence-corrected chi connectivity index (χ4v) is 1.60. The second kappa shape index (κ2) is 4.72. The number of hydrogen-bond acceptors (Lipinski definition) is 3. The number of amides is 2. The first-order chi connectivity index (χ1) is 7.31. The topological polar surface area (TPSA) is 67.4 Å². The van der Waals surface area contributed by atoms with Crippen LogP contribution in [0.5, 0.6) is 0 Å². The lowest BCUT2D eigenvalue weighted by atomic mass is 10.1. The van der Waals surface area contributed by atoms with Gasteiger partial charge in [0.15, 0.2) is 0 Å². The zero-order valence-corrected chi connectivity index (χ0v) is 10.3. The van der Waals surface area contributed by atoms with Gasteiger partial charge in [-0.3, -0.25) is 4.79 Å². The van der Waals surface area contributed by atoms with Crippen LogP contribution in [0, 0.1) is 0 Å². The molecular weight excluding hydrogens is 208 g/mol. The highest BCUT2D eigenvalue weighted by atomic mass is 16.6. The fourth-order valence-electron chi connectivity index (χ4n) is 1.60. The van der Waals surface area contributed by atoms with E-state index >= 15 is 0 Å². The van der Waals surface area contributed by atoms with Crippen LogP contribution in [0.25, 0.3) is 0 Å². The average molecular weight is 228 g/mol. The summed E-state index contributed by atoms with van der Waals surface area (Å²) in [6.45, 7) is 7.36. The predicted molar refractivity (Wildman–Crippen MR) is 60.0 cm³/mol. The molecule has 2 N–H and O–H groups in total. The maximum atomic E-state index is 11.5. The van der Waals surface area contributed by atoms with Gasteiger partial charge in [-0.1, -0.05) is 6.92 Å². The standard InChI is InChI=1S/C11H20N2O3/c1-5-7-6-8(9(14)12-7)13-10(15)16-11(2,3)4/h7-8H,5-6H2,1-4H3,(H,12,14)(H,13,15). The third-order valence-corrected chi connectivity index (χ3v) is 2.37. The Morgan fingerprint density at radius 2 is 2.19 bits per heavy atom. The third kappa shape index (κ3) is 3.72. The Kier molecular flexibility index (Phi) is 3.78. The molecule has 0 saturated carbocycles. The van der Waals surface area contributed by atoms with E-state index in [4.69, 9.17) is 4.74 Å². The second-order valence-corrected chi connectivity index (χ2v) is 5.05. The molecule has 0 aromatic carbocycles. The fraction of sp³-hybridized carbons (Fsp3) is 0.818. The molecule has 92 valence electrons. The van der Waals surface area contributed by atoms with Crippen molar-refractivity contribution in [3.63, 3.8) is 0 Å². The molecular formula is C11H20N2O3. The summed E-state index contributed by atoms with van der Waals surface area (Å²) in [6.07, 6.45) is 0.969. The first-order valence-electron chi connectivity index (χ1n) is 5.61. The Balaban J connectivity index is 2.43. The average Bonchev–Trinajstić information content (AvgIpc) is 2.44. The number of carbonyl (C=O) groups is 2. The molecule has 2 unspecified atom stereocenters. The number of rotatable bonds is 2. The van der Waals surface area contributed by atoms with Gasteiger partial charge in [-0.05, 0) is 33.6 Å². The Labute approximate surface area is 95.9 Å². The molecule has 5 heteroatoms. The van der Waals surface area contributed by atoms with E-state index in [1.165, 1.54) is 0 Å². The molecule has 0 aromatic heterocycles. The van der Waals surface area contributed by atoms with Gasteiger partial charge < -0.3 is 15.4 Å². The van der Waals surface area contributed by atoms with Crippen molar-refractivity contribution >= 4 is 12.0 Å². The van der Waals surface area contributed by atoms with Crippen LogP contribution >= 0.6 is 0 Å². The van der Waals surface area contributed by atoms with Gasteiger partial charge in [0.2, 0.25) is 5.91 Å². The van der Waals surface area contributed by atoms with Crippen LogP contribution in [-0.4, -0.2) is 29.7 Å². The Hall–Kier alpha value is -1.26. The number of alkyl carbamates (subject to hydrolysis) is 1. The van der Waals surface area contributed by atoms with Gasteiger partial charge in [0.05, 0.1) is 0 Å². The smallest absolute Gasteiger partial charge is 0.408 e. The summed E-state index contributed by atoms with van der Waals surface area (Å²) >= 11 is 0. The van der Waals surface area contributed by atoms with E-state index in [1.807, 2.05) is 6.92 Å². The molecule has 0 aromatic rings. The molecule has 1 aliphatic heterocycles. The van der Waals surface area contributed by atoms with Crippen LogP contribution < -0.4 is 10.6 Å². The molecule has 1 heterocycles. The first-order valence-corrected chi connectivity index (χ1v) is 5.61. The quantitative estimate of drug-likeness (QED) is 0.745. The first kappa shape index (κ1) is 12.8. The normalized spacial score (nSPS) is 25.1. The van der Waals surface area contributed by atoms with Crippen molar-refractivity contribution in [1.29, 1.82) is 0 Å². The van der Waals surface area contributed by atoms with Crippen LogP contribution in [0.1, 0.15) is 40.5 Å². The molecule has 1 rings (SSSR count). The van der Waals surface area contributed by atoms with E-state index in [2.05, 4.69) is 10.6 Å². The molecule has 5 nitrogen and oxygen atoms in total. The summed E-state index contributed by atoms with van der Waals surface area (Å²) in [5, 5.41) is 5.39. The van der Waals surface area contributed by atoms with Gasteiger partial charge in [0.1, 0.15) is 11.6 Å². The molecule has 0 radical (unpaired) electrons. The van der Waals surface area contributed by atoms with Crippen molar-refractivity contribution in [3.05, 3.63) is 0 Å². The van der Waals surface area contributed by atoms with Gasteiger partial charge in [-0.2, -0.15) is 0 Å². The number of hydrogen-bond donors (Lipinski definition) is 2. The van der Waals surface area contributed by atoms with E-state index in [-0.39, 0.29) is 11.9 Å². The monoisotopic (exact) mass is 228 g/mol. The molecule has 0 spiro atoms. The number of carbonyl (C=O) groups excluding carboxylic acids is 2. The summed E-state index contributed by atoms with van der Waals surface area (Å²) in [4.78, 5) is 22.9. The SMILES string of the molecule is CCC1CC(NC(=O)OC(C)(C)C)C(=O)N1. The molecule has 2 atom stereocenters. The van der Waals surface area contributed by atoms with Gasteiger partial charge in [0.25, 0.3) is 0 Å². The van der Waals surface area contributed by atoms with Crippen LogP contribution in [0.2, 0.25) is 0 Å². The van der Waals surface area contributed by atoms with E-state index in [1.54, 1.807) is 20.8 Å². The van der Waals surface area contributed by atoms with Crippen molar-refractivity contribution in [3.8, 4) is 0 Å². The second-order valence-electron chi connectivity index (χ2n) is 5.05. The summed E-state index contributed by atoms with van der Waals surface area (Å²) in [6, 6.07) is -0.299. The van der Waals surface area contributed by atoms with Crippen molar-refractivity contribution in [2.75, 3.05) is 0 Å². The van der Waals surface area contributed by atoms with Crippen LogP contribution in [0.4, 0.5) is 4.79 Å². The third-order valence-electron chi connectivity index (χ3n) is 2.37. The Morgan fingerprint density at radius 1 is 1.56 bits per heavy atom. The highest BCUT2D eigenvalue weighted by Crippen LogP contribution is 2.12. The number of nitrogens with one attached hydrogen (secondary N) is 2. The summed E-state index contributed by atoms with van der Waals surface area (Å²) < 4.78 is 5.09. The minimum absolute atomic E-state index is 0.127. The lowest BCUT2D eigenvalue weighted by molar-refractivity contribution is -0.121. The molecule has 1 fully saturated rings. The highest BCUT2D eigenvalue weighted by Gasteiger charge is 2.32. The van der Waals surface area contributed by atoms with Crippen molar-refractivity contribution in [1.82, 2.24) is 10.6 Å². The van der Waals surface area contributed by atoms with E-state index < -0.39 is 17.7 Å². The largest absolute Gasteiger partial charge is 0.444 e.